The molecule has 1 heterocycles. The summed E-state index contributed by atoms with van der Waals surface area (Å²) >= 11 is 0. The molecule has 28 heteroatoms. The van der Waals surface area contributed by atoms with E-state index in [1.807, 2.05) is 6.92 Å². The predicted octanol–water partition coefficient (Wildman–Crippen LogP) is -3.26. The van der Waals surface area contributed by atoms with Crippen LogP contribution in [0.5, 0.6) is 0 Å². The summed E-state index contributed by atoms with van der Waals surface area (Å²) in [6, 6.07) is -9.45. The molecule has 0 saturated carbocycles. The first-order chi connectivity index (χ1) is 39.6. The minimum atomic E-state index is -1.63. The summed E-state index contributed by atoms with van der Waals surface area (Å²) in [5, 5.41) is 42.4. The fourth-order valence-corrected chi connectivity index (χ4v) is 9.52. The first-order valence-corrected chi connectivity index (χ1v) is 29.6. The molecule has 1 saturated heterocycles. The van der Waals surface area contributed by atoms with Crippen molar-refractivity contribution in [2.45, 2.75) is 212 Å². The zero-order valence-electron chi connectivity index (χ0n) is 50.6. The van der Waals surface area contributed by atoms with Crippen molar-refractivity contribution in [1.82, 2.24) is 42.5 Å². The molecule has 0 aromatic carbocycles. The van der Waals surface area contributed by atoms with Gasteiger partial charge in [-0.2, -0.15) is 0 Å². The lowest BCUT2D eigenvalue weighted by Gasteiger charge is -2.28. The molecular formula is C56H101N13O15. The van der Waals surface area contributed by atoms with Gasteiger partial charge in [0.05, 0.1) is 48.8 Å². The lowest BCUT2D eigenvalue weighted by atomic mass is 9.90. The van der Waals surface area contributed by atoms with Crippen molar-refractivity contribution in [2.75, 3.05) is 39.3 Å². The molecule has 1 fully saturated rings. The van der Waals surface area contributed by atoms with Crippen LogP contribution in [0.1, 0.15) is 152 Å². The second kappa shape index (κ2) is 40.3. The molecule has 3 unspecified atom stereocenters. The van der Waals surface area contributed by atoms with E-state index in [0.29, 0.717) is 6.42 Å². The fraction of sp³-hybridized carbons (Fsp3) is 0.786. The molecule has 1 aliphatic heterocycles. The monoisotopic (exact) mass is 1200 g/mol. The fourth-order valence-electron chi connectivity index (χ4n) is 9.52. The Bertz CT molecular complexity index is 2170. The Hall–Kier alpha value is -6.04. The lowest BCUT2D eigenvalue weighted by molar-refractivity contribution is -0.149. The van der Waals surface area contributed by atoms with Crippen LogP contribution in [-0.2, 0) is 62.3 Å². The molecule has 28 nitrogen and oxygen atoms in total. The predicted molar refractivity (Wildman–Crippen MR) is 311 cm³/mol. The Morgan fingerprint density at radius 2 is 1.08 bits per heavy atom. The lowest BCUT2D eigenvalue weighted by Crippen LogP contribution is -2.58. The van der Waals surface area contributed by atoms with Gasteiger partial charge in [0.2, 0.25) is 47.3 Å². The van der Waals surface area contributed by atoms with Gasteiger partial charge in [-0.15, -0.1) is 0 Å². The van der Waals surface area contributed by atoms with Gasteiger partial charge < -0.3 is 86.2 Å². The van der Waals surface area contributed by atoms with E-state index in [2.05, 4.69) is 42.5 Å². The molecule has 20 N–H and O–H groups in total. The molecule has 84 heavy (non-hydrogen) atoms. The molecule has 0 spiro atoms. The van der Waals surface area contributed by atoms with Gasteiger partial charge >= 0.3 is 5.97 Å². The second-order valence-electron chi connectivity index (χ2n) is 22.7. The maximum Gasteiger partial charge on any atom is 0.306 e. The van der Waals surface area contributed by atoms with Gasteiger partial charge in [0.15, 0.2) is 17.3 Å². The van der Waals surface area contributed by atoms with Gasteiger partial charge in [0, 0.05) is 44.1 Å². The third kappa shape index (κ3) is 28.2. The van der Waals surface area contributed by atoms with Gasteiger partial charge in [-0.05, 0) is 123 Å². The van der Waals surface area contributed by atoms with Crippen LogP contribution in [0.3, 0.4) is 0 Å². The highest BCUT2D eigenvalue weighted by atomic mass is 16.5. The van der Waals surface area contributed by atoms with Crippen LogP contribution in [0.4, 0.5) is 0 Å². The molecule has 0 bridgehead atoms. The van der Waals surface area contributed by atoms with E-state index in [0.717, 1.165) is 6.42 Å². The zero-order chi connectivity index (χ0) is 63.8. The molecule has 0 radical (unpaired) electrons. The van der Waals surface area contributed by atoms with Crippen molar-refractivity contribution >= 4 is 70.6 Å². The molecule has 0 aliphatic carbocycles. The number of carbonyl (C=O) groups is 12. The average Bonchev–Trinajstić information content (AvgIpc) is 3.53. The minimum absolute atomic E-state index is 0.0497. The van der Waals surface area contributed by atoms with Crippen molar-refractivity contribution in [3.05, 3.63) is 0 Å². The number of nitrogens with two attached hydrogens (primary N) is 5. The van der Waals surface area contributed by atoms with E-state index in [1.54, 1.807) is 34.6 Å². The topological polar surface area (TPSA) is 481 Å². The van der Waals surface area contributed by atoms with E-state index in [-0.39, 0.29) is 121 Å². The Morgan fingerprint density at radius 1 is 0.583 bits per heavy atom. The average molecular weight is 1200 g/mol. The standard InChI is InChI=1S/C56H101N13O15/c1-9-10-32(6)84-48(76)12-11-47(75)63-38(14-20-58)46(74)29-37(33(7)70)52(79)64-39(15-21-59)45(73)28-36-18-24-62-56(83)49(34(8)71)69-51(78)35(13-19-57)27-44(72)40(16-22-60)65-54(81)42(25-30(2)3)68-55(82)43(26-31(4)5)67-53(80)41(17-23-61)66-50(36)77/h30-43,49,70-71H,9-29,57-61H2,1-8H3,(H,62,83)(H,63,75)(H,64,79)(H,65,81)(H,66,77)(H,67,80)(H,68,82)(H,69,78)/t32?,33?,34?,35-,36-,37+,38+,39+,40+,41+,42+,43-,49+/m1/s1. The SMILES string of the molecule is CCCC(C)OC(=O)CCC(=O)N[C@@H](CCN)C(=O)C[C@H](C(=O)N[C@@H](CCN)C(=O)C[C@H]1CCNC(=O)[C@H](C(C)O)NC(=O)[C@H](CCN)CC(=O)[C@H](CCN)NC(=O)[C@H](CC(C)C)NC(=O)[C@@H](CC(C)C)NC(=O)[C@H](CCN)NC1=O)C(C)O. The minimum Gasteiger partial charge on any atom is -0.463 e. The third-order valence-electron chi connectivity index (χ3n) is 14.2. The number of hydrogen-bond acceptors (Lipinski definition) is 20. The summed E-state index contributed by atoms with van der Waals surface area (Å²) < 4.78 is 5.29. The number of aliphatic hydroxyl groups excluding tert-OH is 2. The quantitative estimate of drug-likeness (QED) is 0.0303. The molecule has 1 aliphatic rings. The second-order valence-corrected chi connectivity index (χ2v) is 22.7. The Morgan fingerprint density at radius 3 is 1.58 bits per heavy atom. The summed E-state index contributed by atoms with van der Waals surface area (Å²) in [4.78, 5) is 166. The molecule has 8 amide bonds. The van der Waals surface area contributed by atoms with Crippen LogP contribution < -0.4 is 71.2 Å². The van der Waals surface area contributed by atoms with Crippen LogP contribution >= 0.6 is 0 Å². The van der Waals surface area contributed by atoms with Crippen LogP contribution in [0.25, 0.3) is 0 Å². The Kier molecular flexibility index (Phi) is 36.5. The van der Waals surface area contributed by atoms with Gasteiger partial charge in [-0.1, -0.05) is 41.0 Å². The Balaban J connectivity index is 3.80. The van der Waals surface area contributed by atoms with E-state index in [1.165, 1.54) is 13.8 Å². The van der Waals surface area contributed by atoms with Crippen LogP contribution in [0.15, 0.2) is 0 Å². The number of hydrogen-bond donors (Lipinski definition) is 15. The first kappa shape index (κ1) is 76.0. The maximum absolute atomic E-state index is 14.5. The molecule has 0 aromatic heterocycles. The van der Waals surface area contributed by atoms with Gasteiger partial charge in [0.1, 0.15) is 24.2 Å². The molecular weight excluding hydrogens is 1090 g/mol. The number of nitrogens with one attached hydrogen (secondary N) is 8. The van der Waals surface area contributed by atoms with Crippen LogP contribution in [-0.4, -0.2) is 181 Å². The van der Waals surface area contributed by atoms with E-state index in [9.17, 15) is 67.7 Å². The van der Waals surface area contributed by atoms with E-state index in [4.69, 9.17) is 33.4 Å². The maximum atomic E-state index is 14.5. The van der Waals surface area contributed by atoms with Crippen molar-refractivity contribution < 1.29 is 72.5 Å². The molecule has 480 valence electrons. The van der Waals surface area contributed by atoms with Gasteiger partial charge in [-0.3, -0.25) is 57.5 Å². The number of carbonyl (C=O) groups excluding carboxylic acids is 12. The summed E-state index contributed by atoms with van der Waals surface area (Å²) in [6.07, 6.45) is -5.06. The summed E-state index contributed by atoms with van der Waals surface area (Å²) in [5.41, 5.74) is 29.4. The number of esters is 1. The highest BCUT2D eigenvalue weighted by molar-refractivity contribution is 5.99. The molecule has 13 atom stereocenters. The Labute approximate surface area is 494 Å². The highest BCUT2D eigenvalue weighted by Crippen LogP contribution is 2.19. The largest absolute Gasteiger partial charge is 0.463 e. The summed E-state index contributed by atoms with van der Waals surface area (Å²) in [6.45, 7) is 12.4. The summed E-state index contributed by atoms with van der Waals surface area (Å²) in [7, 11) is 0. The van der Waals surface area contributed by atoms with Crippen molar-refractivity contribution in [2.24, 2.45) is 58.3 Å². The number of ether oxygens (including phenoxy) is 1. The number of rotatable bonds is 31. The van der Waals surface area contributed by atoms with Gasteiger partial charge in [0.25, 0.3) is 0 Å². The number of Topliss-reactive ketones (excluding diaryl/α,β-unsaturated/α-hetero) is 3. The zero-order valence-corrected chi connectivity index (χ0v) is 50.6. The highest BCUT2D eigenvalue weighted by Gasteiger charge is 2.38. The van der Waals surface area contributed by atoms with Crippen molar-refractivity contribution in [1.29, 1.82) is 0 Å². The third-order valence-corrected chi connectivity index (χ3v) is 14.2. The number of aliphatic hydroxyl groups is 2. The van der Waals surface area contributed by atoms with Crippen molar-refractivity contribution in [3.8, 4) is 0 Å². The van der Waals surface area contributed by atoms with Crippen LogP contribution in [0, 0.1) is 29.6 Å². The normalized spacial score (nSPS) is 23.2. The van der Waals surface area contributed by atoms with Crippen LogP contribution in [0.2, 0.25) is 0 Å². The summed E-state index contributed by atoms with van der Waals surface area (Å²) in [5.74, 6) is -13.8. The van der Waals surface area contributed by atoms with E-state index < -0.39 is 162 Å². The number of amides is 8. The van der Waals surface area contributed by atoms with E-state index >= 15 is 0 Å². The molecule has 0 aromatic rings. The number of ketones is 3. The first-order valence-electron chi connectivity index (χ1n) is 29.6. The molecule has 1 rings (SSSR count). The van der Waals surface area contributed by atoms with Gasteiger partial charge in [-0.25, -0.2) is 0 Å². The smallest absolute Gasteiger partial charge is 0.306 e. The van der Waals surface area contributed by atoms with Crippen molar-refractivity contribution in [3.63, 3.8) is 0 Å².